The van der Waals surface area contributed by atoms with Crippen LogP contribution in [-0.2, 0) is 10.0 Å². The van der Waals surface area contributed by atoms with E-state index in [1.807, 2.05) is 18.4 Å². The van der Waals surface area contributed by atoms with Gasteiger partial charge in [-0.05, 0) is 62.4 Å². The number of ether oxygens (including phenoxy) is 2. The predicted molar refractivity (Wildman–Crippen MR) is 119 cm³/mol. The fourth-order valence-corrected chi connectivity index (χ4v) is 4.00. The van der Waals surface area contributed by atoms with E-state index in [1.54, 1.807) is 54.9 Å². The SMILES string of the molecule is CCOc1ccc(S(=O)(=O)Nc2ccc(Oc3cc(-n4ccnc4C)ncn3)cc2)cc1. The molecule has 0 saturated heterocycles. The van der Waals surface area contributed by atoms with Crippen molar-refractivity contribution < 1.29 is 17.9 Å². The van der Waals surface area contributed by atoms with Crippen LogP contribution in [0.5, 0.6) is 17.4 Å². The highest BCUT2D eigenvalue weighted by Gasteiger charge is 2.14. The molecule has 10 heteroatoms. The molecule has 9 nitrogen and oxygen atoms in total. The monoisotopic (exact) mass is 451 g/mol. The number of imidazole rings is 1. The highest BCUT2D eigenvalue weighted by atomic mass is 32.2. The van der Waals surface area contributed by atoms with Gasteiger partial charge in [0.15, 0.2) is 0 Å². The van der Waals surface area contributed by atoms with E-state index in [1.165, 1.54) is 18.5 Å². The number of nitrogens with zero attached hydrogens (tertiary/aromatic N) is 4. The summed E-state index contributed by atoms with van der Waals surface area (Å²) in [7, 11) is -3.73. The third-order valence-corrected chi connectivity index (χ3v) is 5.87. The summed E-state index contributed by atoms with van der Waals surface area (Å²) in [6.07, 6.45) is 4.89. The lowest BCUT2D eigenvalue weighted by atomic mass is 10.3. The lowest BCUT2D eigenvalue weighted by molar-refractivity contribution is 0.340. The van der Waals surface area contributed by atoms with E-state index < -0.39 is 10.0 Å². The fourth-order valence-electron chi connectivity index (χ4n) is 2.95. The molecule has 0 bridgehead atoms. The van der Waals surface area contributed by atoms with Gasteiger partial charge >= 0.3 is 0 Å². The molecule has 0 spiro atoms. The van der Waals surface area contributed by atoms with Crippen molar-refractivity contribution in [3.8, 4) is 23.2 Å². The van der Waals surface area contributed by atoms with Gasteiger partial charge in [0.2, 0.25) is 5.88 Å². The molecule has 0 fully saturated rings. The zero-order valence-corrected chi connectivity index (χ0v) is 18.3. The van der Waals surface area contributed by atoms with Crippen LogP contribution in [0, 0.1) is 6.92 Å². The van der Waals surface area contributed by atoms with E-state index in [9.17, 15) is 8.42 Å². The Morgan fingerprint density at radius 1 is 0.969 bits per heavy atom. The molecule has 0 radical (unpaired) electrons. The molecule has 1 N–H and O–H groups in total. The van der Waals surface area contributed by atoms with Crippen molar-refractivity contribution in [2.75, 3.05) is 11.3 Å². The second-order valence-corrected chi connectivity index (χ2v) is 8.38. The Labute approximate surface area is 185 Å². The van der Waals surface area contributed by atoms with Crippen molar-refractivity contribution in [2.45, 2.75) is 18.7 Å². The number of rotatable bonds is 8. The first kappa shape index (κ1) is 21.3. The number of hydrogen-bond acceptors (Lipinski definition) is 7. The molecule has 4 aromatic rings. The van der Waals surface area contributed by atoms with Gasteiger partial charge in [-0.2, -0.15) is 0 Å². The number of nitrogens with one attached hydrogen (secondary N) is 1. The Kier molecular flexibility index (Phi) is 6.04. The third-order valence-electron chi connectivity index (χ3n) is 4.47. The molecular weight excluding hydrogens is 430 g/mol. The zero-order valence-electron chi connectivity index (χ0n) is 17.5. The Balaban J connectivity index is 1.45. The summed E-state index contributed by atoms with van der Waals surface area (Å²) in [4.78, 5) is 12.7. The lowest BCUT2D eigenvalue weighted by Gasteiger charge is -2.10. The maximum atomic E-state index is 12.6. The van der Waals surface area contributed by atoms with E-state index in [2.05, 4.69) is 19.7 Å². The number of benzene rings is 2. The molecule has 0 aliphatic carbocycles. The van der Waals surface area contributed by atoms with Gasteiger partial charge in [-0.25, -0.2) is 23.4 Å². The predicted octanol–water partition coefficient (Wildman–Crippen LogP) is 3.96. The molecule has 0 aliphatic heterocycles. The zero-order chi connectivity index (χ0) is 22.6. The summed E-state index contributed by atoms with van der Waals surface area (Å²) in [5, 5.41) is 0. The Bertz CT molecular complexity index is 1300. The van der Waals surface area contributed by atoms with Crippen molar-refractivity contribution >= 4 is 15.7 Å². The minimum atomic E-state index is -3.73. The Hall–Kier alpha value is -3.92. The van der Waals surface area contributed by atoms with E-state index in [-0.39, 0.29) is 4.90 Å². The number of aromatic nitrogens is 4. The van der Waals surface area contributed by atoms with Crippen molar-refractivity contribution in [3.63, 3.8) is 0 Å². The van der Waals surface area contributed by atoms with E-state index in [0.717, 1.165) is 5.82 Å². The molecule has 0 amide bonds. The Morgan fingerprint density at radius 2 is 1.69 bits per heavy atom. The van der Waals surface area contributed by atoms with E-state index in [0.29, 0.717) is 35.5 Å². The fraction of sp³-hybridized carbons (Fsp3) is 0.136. The molecule has 0 saturated carbocycles. The third kappa shape index (κ3) is 4.86. The summed E-state index contributed by atoms with van der Waals surface area (Å²) in [6, 6.07) is 14.5. The first-order valence-corrected chi connectivity index (χ1v) is 11.3. The standard InChI is InChI=1S/C22H21N5O4S/c1-3-30-18-8-10-20(11-9-18)32(28,29)26-17-4-6-19(7-5-17)31-22-14-21(24-15-25-22)27-13-12-23-16(27)2/h4-15,26H,3H2,1-2H3. The van der Waals surface area contributed by atoms with Gasteiger partial charge in [0, 0.05) is 24.1 Å². The van der Waals surface area contributed by atoms with Gasteiger partial charge in [0.25, 0.3) is 10.0 Å². The highest BCUT2D eigenvalue weighted by molar-refractivity contribution is 7.92. The minimum absolute atomic E-state index is 0.143. The second kappa shape index (κ2) is 9.06. The van der Waals surface area contributed by atoms with Crippen LogP contribution in [0.15, 0.2) is 78.2 Å². The van der Waals surface area contributed by atoms with Gasteiger partial charge in [0.05, 0.1) is 11.5 Å². The largest absolute Gasteiger partial charge is 0.494 e. The van der Waals surface area contributed by atoms with Crippen LogP contribution < -0.4 is 14.2 Å². The summed E-state index contributed by atoms with van der Waals surface area (Å²) in [5.41, 5.74) is 0.406. The van der Waals surface area contributed by atoms with Gasteiger partial charge < -0.3 is 9.47 Å². The molecule has 0 atom stereocenters. The quantitative estimate of drug-likeness (QED) is 0.432. The van der Waals surface area contributed by atoms with Crippen molar-refractivity contribution in [2.24, 2.45) is 0 Å². The maximum absolute atomic E-state index is 12.6. The smallest absolute Gasteiger partial charge is 0.261 e. The normalized spacial score (nSPS) is 11.2. The van der Waals surface area contributed by atoms with Gasteiger partial charge in [-0.15, -0.1) is 0 Å². The molecular formula is C22H21N5O4S. The summed E-state index contributed by atoms with van der Waals surface area (Å²) >= 11 is 0. The maximum Gasteiger partial charge on any atom is 0.261 e. The Morgan fingerprint density at radius 3 is 2.34 bits per heavy atom. The lowest BCUT2D eigenvalue weighted by Crippen LogP contribution is -2.12. The number of anilines is 1. The first-order valence-electron chi connectivity index (χ1n) is 9.80. The molecule has 0 aliphatic rings. The van der Waals surface area contributed by atoms with Crippen LogP contribution >= 0.6 is 0 Å². The van der Waals surface area contributed by atoms with Crippen LogP contribution in [0.4, 0.5) is 5.69 Å². The van der Waals surface area contributed by atoms with Crippen molar-refractivity contribution in [1.29, 1.82) is 0 Å². The van der Waals surface area contributed by atoms with Crippen LogP contribution in [-0.4, -0.2) is 34.5 Å². The molecule has 32 heavy (non-hydrogen) atoms. The van der Waals surface area contributed by atoms with Crippen molar-refractivity contribution in [3.05, 3.63) is 79.1 Å². The van der Waals surface area contributed by atoms with Crippen molar-refractivity contribution in [1.82, 2.24) is 19.5 Å². The second-order valence-electron chi connectivity index (χ2n) is 6.70. The van der Waals surface area contributed by atoms with Gasteiger partial charge in [-0.3, -0.25) is 9.29 Å². The molecule has 2 heterocycles. The number of aryl methyl sites for hydroxylation is 1. The molecule has 0 unspecified atom stereocenters. The summed E-state index contributed by atoms with van der Waals surface area (Å²) < 4.78 is 40.7. The average Bonchev–Trinajstić information content (AvgIpc) is 3.22. The van der Waals surface area contributed by atoms with Crippen LogP contribution in [0.25, 0.3) is 5.82 Å². The minimum Gasteiger partial charge on any atom is -0.494 e. The van der Waals surface area contributed by atoms with Crippen LogP contribution in [0.1, 0.15) is 12.7 Å². The first-order chi connectivity index (χ1) is 15.4. The van der Waals surface area contributed by atoms with E-state index >= 15 is 0 Å². The topological polar surface area (TPSA) is 108 Å². The summed E-state index contributed by atoms with van der Waals surface area (Å²) in [6.45, 7) is 4.25. The van der Waals surface area contributed by atoms with Crippen LogP contribution in [0.3, 0.4) is 0 Å². The molecule has 2 aromatic heterocycles. The van der Waals surface area contributed by atoms with Crippen LogP contribution in [0.2, 0.25) is 0 Å². The van der Waals surface area contributed by atoms with Gasteiger partial charge in [-0.1, -0.05) is 0 Å². The molecule has 4 rings (SSSR count). The number of sulfonamides is 1. The average molecular weight is 452 g/mol. The number of hydrogen-bond donors (Lipinski definition) is 1. The molecule has 164 valence electrons. The summed E-state index contributed by atoms with van der Waals surface area (Å²) in [5.74, 6) is 2.89. The molecule has 2 aromatic carbocycles. The van der Waals surface area contributed by atoms with Gasteiger partial charge in [0.1, 0.15) is 29.5 Å². The highest BCUT2D eigenvalue weighted by Crippen LogP contribution is 2.24. The van der Waals surface area contributed by atoms with E-state index in [4.69, 9.17) is 9.47 Å².